The molecular weight excluding hydrogens is 341 g/mol. The average Bonchev–Trinajstić information content (AvgIpc) is 2.53. The first-order valence-electron chi connectivity index (χ1n) is 6.88. The van der Waals surface area contributed by atoms with Gasteiger partial charge in [-0.2, -0.15) is 13.2 Å². The largest absolute Gasteiger partial charge is 0.416 e. The Labute approximate surface area is 139 Å². The number of fused-ring (bicyclic) bond motifs is 1. The standard InChI is InChI=1S/C16H11F3N2O2S/c17-16(18,19)10-2-1-3-11(7-10)20-15(23)9-4-5-13-12(6-9)21-14(22)8-24-13/h1-7H,8H2,(H,20,23)(H,21,22). The summed E-state index contributed by atoms with van der Waals surface area (Å²) >= 11 is 1.36. The Morgan fingerprint density at radius 3 is 2.71 bits per heavy atom. The van der Waals surface area contributed by atoms with Gasteiger partial charge in [0.05, 0.1) is 17.0 Å². The van der Waals surface area contributed by atoms with Crippen LogP contribution in [0.2, 0.25) is 0 Å². The molecule has 2 aromatic rings. The fraction of sp³-hybridized carbons (Fsp3) is 0.125. The molecule has 0 saturated heterocycles. The summed E-state index contributed by atoms with van der Waals surface area (Å²) in [6.45, 7) is 0. The van der Waals surface area contributed by atoms with Crippen LogP contribution in [0.25, 0.3) is 0 Å². The monoisotopic (exact) mass is 352 g/mol. The molecule has 0 atom stereocenters. The van der Waals surface area contributed by atoms with Gasteiger partial charge < -0.3 is 10.6 Å². The van der Waals surface area contributed by atoms with Crippen LogP contribution < -0.4 is 10.6 Å². The number of thioether (sulfide) groups is 1. The highest BCUT2D eigenvalue weighted by atomic mass is 32.2. The van der Waals surface area contributed by atoms with Crippen LogP contribution in [-0.2, 0) is 11.0 Å². The Morgan fingerprint density at radius 1 is 1.17 bits per heavy atom. The Hall–Kier alpha value is -2.48. The molecule has 1 heterocycles. The molecule has 3 rings (SSSR count). The molecule has 0 spiro atoms. The van der Waals surface area contributed by atoms with E-state index in [1.807, 2.05) is 0 Å². The lowest BCUT2D eigenvalue weighted by Crippen LogP contribution is -2.20. The number of amides is 2. The predicted octanol–water partition coefficient (Wildman–Crippen LogP) is 4.00. The van der Waals surface area contributed by atoms with Crippen LogP contribution in [0.1, 0.15) is 15.9 Å². The van der Waals surface area contributed by atoms with Crippen molar-refractivity contribution >= 4 is 35.0 Å². The summed E-state index contributed by atoms with van der Waals surface area (Å²) in [6.07, 6.45) is -4.48. The van der Waals surface area contributed by atoms with Crippen molar-refractivity contribution in [3.63, 3.8) is 0 Å². The van der Waals surface area contributed by atoms with Crippen LogP contribution in [0.3, 0.4) is 0 Å². The summed E-state index contributed by atoms with van der Waals surface area (Å²) in [6, 6.07) is 9.16. The van der Waals surface area contributed by atoms with E-state index in [0.717, 1.165) is 17.0 Å². The lowest BCUT2D eigenvalue weighted by atomic mass is 10.1. The molecule has 0 aliphatic carbocycles. The number of hydrogen-bond donors (Lipinski definition) is 2. The van der Waals surface area contributed by atoms with Crippen molar-refractivity contribution in [1.29, 1.82) is 0 Å². The molecule has 0 fully saturated rings. The van der Waals surface area contributed by atoms with E-state index in [1.165, 1.54) is 30.0 Å². The van der Waals surface area contributed by atoms with Gasteiger partial charge in [-0.05, 0) is 36.4 Å². The second kappa shape index (κ2) is 6.20. The van der Waals surface area contributed by atoms with Crippen molar-refractivity contribution in [2.24, 2.45) is 0 Å². The van der Waals surface area contributed by atoms with Crippen LogP contribution in [0, 0.1) is 0 Å². The molecule has 2 N–H and O–H groups in total. The van der Waals surface area contributed by atoms with Gasteiger partial charge in [-0.15, -0.1) is 11.8 Å². The summed E-state index contributed by atoms with van der Waals surface area (Å²) in [5.41, 5.74) is -0.0257. The van der Waals surface area contributed by atoms with E-state index >= 15 is 0 Å². The summed E-state index contributed by atoms with van der Waals surface area (Å²) in [4.78, 5) is 24.5. The minimum atomic E-state index is -4.48. The minimum absolute atomic E-state index is 0.0472. The summed E-state index contributed by atoms with van der Waals surface area (Å²) in [7, 11) is 0. The van der Waals surface area contributed by atoms with E-state index in [0.29, 0.717) is 11.4 Å². The van der Waals surface area contributed by atoms with Crippen LogP contribution in [0.15, 0.2) is 47.4 Å². The van der Waals surface area contributed by atoms with Gasteiger partial charge in [0.2, 0.25) is 5.91 Å². The Morgan fingerprint density at radius 2 is 1.96 bits per heavy atom. The number of nitrogens with one attached hydrogen (secondary N) is 2. The maximum Gasteiger partial charge on any atom is 0.416 e. The number of carbonyl (C=O) groups excluding carboxylic acids is 2. The molecule has 8 heteroatoms. The molecule has 0 unspecified atom stereocenters. The first-order valence-corrected chi connectivity index (χ1v) is 7.87. The topological polar surface area (TPSA) is 58.2 Å². The number of anilines is 2. The third-order valence-corrected chi connectivity index (χ3v) is 4.40. The molecule has 0 aromatic heterocycles. The predicted molar refractivity (Wildman–Crippen MR) is 85.2 cm³/mol. The highest BCUT2D eigenvalue weighted by Crippen LogP contribution is 2.33. The van der Waals surface area contributed by atoms with E-state index < -0.39 is 17.6 Å². The van der Waals surface area contributed by atoms with Crippen LogP contribution in [0.4, 0.5) is 24.5 Å². The molecule has 124 valence electrons. The summed E-state index contributed by atoms with van der Waals surface area (Å²) in [5, 5.41) is 5.09. The van der Waals surface area contributed by atoms with E-state index in [4.69, 9.17) is 0 Å². The van der Waals surface area contributed by atoms with Gasteiger partial charge in [0.1, 0.15) is 0 Å². The highest BCUT2D eigenvalue weighted by Gasteiger charge is 2.30. The lowest BCUT2D eigenvalue weighted by Gasteiger charge is -2.17. The number of benzene rings is 2. The molecule has 1 aliphatic rings. The first kappa shape index (κ1) is 16.4. The fourth-order valence-electron chi connectivity index (χ4n) is 2.20. The lowest BCUT2D eigenvalue weighted by molar-refractivity contribution is -0.137. The Balaban J connectivity index is 1.81. The van der Waals surface area contributed by atoms with Crippen molar-refractivity contribution in [2.45, 2.75) is 11.1 Å². The first-order chi connectivity index (χ1) is 11.3. The maximum absolute atomic E-state index is 12.7. The molecule has 0 bridgehead atoms. The normalized spacial score (nSPS) is 13.9. The molecule has 1 aliphatic heterocycles. The smallest absolute Gasteiger partial charge is 0.324 e. The Kier molecular flexibility index (Phi) is 4.23. The van der Waals surface area contributed by atoms with Crippen molar-refractivity contribution < 1.29 is 22.8 Å². The molecule has 2 aromatic carbocycles. The van der Waals surface area contributed by atoms with Gasteiger partial charge in [0.15, 0.2) is 0 Å². The average molecular weight is 352 g/mol. The fourth-order valence-corrected chi connectivity index (χ4v) is 2.99. The van der Waals surface area contributed by atoms with Crippen LogP contribution in [0.5, 0.6) is 0 Å². The zero-order valence-corrected chi connectivity index (χ0v) is 12.9. The molecular formula is C16H11F3N2O2S. The van der Waals surface area contributed by atoms with E-state index in [-0.39, 0.29) is 17.2 Å². The number of alkyl halides is 3. The van der Waals surface area contributed by atoms with Crippen molar-refractivity contribution in [2.75, 3.05) is 16.4 Å². The number of halogens is 3. The summed E-state index contributed by atoms with van der Waals surface area (Å²) in [5.74, 6) is -0.409. The van der Waals surface area contributed by atoms with Gasteiger partial charge in [0, 0.05) is 16.1 Å². The molecule has 0 radical (unpaired) electrons. The van der Waals surface area contributed by atoms with E-state index in [2.05, 4.69) is 10.6 Å². The van der Waals surface area contributed by atoms with Crippen LogP contribution >= 0.6 is 11.8 Å². The van der Waals surface area contributed by atoms with E-state index in [9.17, 15) is 22.8 Å². The third kappa shape index (κ3) is 3.53. The minimum Gasteiger partial charge on any atom is -0.324 e. The van der Waals surface area contributed by atoms with Gasteiger partial charge in [-0.3, -0.25) is 9.59 Å². The number of carbonyl (C=O) groups is 2. The number of rotatable bonds is 2. The zero-order valence-electron chi connectivity index (χ0n) is 12.1. The quantitative estimate of drug-likeness (QED) is 0.859. The second-order valence-electron chi connectivity index (χ2n) is 5.08. The number of hydrogen-bond acceptors (Lipinski definition) is 3. The van der Waals surface area contributed by atoms with Crippen molar-refractivity contribution in [3.8, 4) is 0 Å². The van der Waals surface area contributed by atoms with Gasteiger partial charge in [-0.1, -0.05) is 6.07 Å². The molecule has 4 nitrogen and oxygen atoms in total. The Bertz CT molecular complexity index is 821. The van der Waals surface area contributed by atoms with Gasteiger partial charge >= 0.3 is 6.18 Å². The highest BCUT2D eigenvalue weighted by molar-refractivity contribution is 8.00. The van der Waals surface area contributed by atoms with Crippen molar-refractivity contribution in [1.82, 2.24) is 0 Å². The van der Waals surface area contributed by atoms with Crippen LogP contribution in [-0.4, -0.2) is 17.6 Å². The van der Waals surface area contributed by atoms with Crippen molar-refractivity contribution in [3.05, 3.63) is 53.6 Å². The molecule has 0 saturated carbocycles. The third-order valence-electron chi connectivity index (χ3n) is 3.32. The SMILES string of the molecule is O=C1CSc2ccc(C(=O)Nc3cccc(C(F)(F)F)c3)cc2N1. The van der Waals surface area contributed by atoms with Gasteiger partial charge in [-0.25, -0.2) is 0 Å². The van der Waals surface area contributed by atoms with Gasteiger partial charge in [0.25, 0.3) is 5.91 Å². The van der Waals surface area contributed by atoms with E-state index in [1.54, 1.807) is 12.1 Å². The molecule has 24 heavy (non-hydrogen) atoms. The molecule has 2 amide bonds. The second-order valence-corrected chi connectivity index (χ2v) is 6.10. The maximum atomic E-state index is 12.7. The summed E-state index contributed by atoms with van der Waals surface area (Å²) < 4.78 is 38.1. The zero-order chi connectivity index (χ0) is 17.3.